The summed E-state index contributed by atoms with van der Waals surface area (Å²) in [6.45, 7) is 3.54. The van der Waals surface area contributed by atoms with Gasteiger partial charge in [0.05, 0.1) is 12.1 Å². The molecule has 108 valence electrons. The lowest BCUT2D eigenvalue weighted by molar-refractivity contribution is -0.125. The smallest absolute Gasteiger partial charge is 0.237 e. The number of nitrogens with one attached hydrogen (secondary N) is 2. The summed E-state index contributed by atoms with van der Waals surface area (Å²) >= 11 is 0. The molecule has 0 aromatic heterocycles. The van der Waals surface area contributed by atoms with Crippen LogP contribution in [0.1, 0.15) is 30.9 Å². The molecule has 1 atom stereocenters. The highest BCUT2D eigenvalue weighted by molar-refractivity contribution is 5.82. The van der Waals surface area contributed by atoms with Crippen LogP contribution < -0.4 is 10.6 Å². The van der Waals surface area contributed by atoms with E-state index in [0.29, 0.717) is 6.10 Å². The Hall–Kier alpha value is -1.39. The van der Waals surface area contributed by atoms with E-state index in [4.69, 9.17) is 4.74 Å². The number of carbonyl (C=O) groups excluding carboxylic acids is 1. The molecule has 4 nitrogen and oxygen atoms in total. The molecule has 1 heterocycles. The Balaban J connectivity index is 1.50. The Morgan fingerprint density at radius 1 is 1.35 bits per heavy atom. The quantitative estimate of drug-likeness (QED) is 0.872. The van der Waals surface area contributed by atoms with E-state index in [1.165, 1.54) is 11.1 Å². The fourth-order valence-corrected chi connectivity index (χ4v) is 3.00. The molecule has 1 aliphatic carbocycles. The Morgan fingerprint density at radius 2 is 2.10 bits per heavy atom. The molecule has 4 heteroatoms. The van der Waals surface area contributed by atoms with Gasteiger partial charge in [0.2, 0.25) is 5.91 Å². The molecular formula is C16H22N2O2. The molecule has 20 heavy (non-hydrogen) atoms. The second-order valence-corrected chi connectivity index (χ2v) is 5.66. The Morgan fingerprint density at radius 3 is 2.85 bits per heavy atom. The first-order valence-corrected chi connectivity index (χ1v) is 7.48. The van der Waals surface area contributed by atoms with Crippen LogP contribution in [0.2, 0.25) is 0 Å². The average Bonchev–Trinajstić information content (AvgIpc) is 2.44. The first kappa shape index (κ1) is 13.6. The maximum atomic E-state index is 12.3. The summed E-state index contributed by atoms with van der Waals surface area (Å²) in [5.74, 6) is 0.124. The summed E-state index contributed by atoms with van der Waals surface area (Å²) in [6.07, 6.45) is 3.01. The molecule has 0 bridgehead atoms. The summed E-state index contributed by atoms with van der Waals surface area (Å²) in [5, 5.41) is 6.45. The van der Waals surface area contributed by atoms with Gasteiger partial charge < -0.3 is 15.4 Å². The molecule has 3 rings (SSSR count). The van der Waals surface area contributed by atoms with Crippen molar-refractivity contribution in [1.82, 2.24) is 10.6 Å². The highest BCUT2D eigenvalue weighted by Gasteiger charge is 2.33. The normalized spacial score (nSPS) is 28.4. The standard InChI is InChI=1S/C16H22N2O2/c1-2-20-14-8-13(9-14)18-16(19)15-7-11-5-3-4-6-12(11)10-17-15/h3-6,13-15,17H,2,7-10H2,1H3,(H,18,19)/t13?,14?,15-/m1/s1. The number of fused-ring (bicyclic) bond motifs is 1. The summed E-state index contributed by atoms with van der Waals surface area (Å²) in [6, 6.07) is 8.51. The van der Waals surface area contributed by atoms with Crippen LogP contribution in [0.4, 0.5) is 0 Å². The largest absolute Gasteiger partial charge is 0.378 e. The molecule has 2 aliphatic rings. The Labute approximate surface area is 119 Å². The van der Waals surface area contributed by atoms with Crippen molar-refractivity contribution in [3.05, 3.63) is 35.4 Å². The molecule has 2 N–H and O–H groups in total. The van der Waals surface area contributed by atoms with Crippen molar-refractivity contribution in [3.63, 3.8) is 0 Å². The van der Waals surface area contributed by atoms with E-state index in [-0.39, 0.29) is 18.0 Å². The van der Waals surface area contributed by atoms with Gasteiger partial charge in [-0.2, -0.15) is 0 Å². The number of amides is 1. The summed E-state index contributed by atoms with van der Waals surface area (Å²) in [7, 11) is 0. The third kappa shape index (κ3) is 2.86. The predicted octanol–water partition coefficient (Wildman–Crippen LogP) is 1.38. The van der Waals surface area contributed by atoms with Crippen LogP contribution in [0.3, 0.4) is 0 Å². The van der Waals surface area contributed by atoms with Crippen molar-refractivity contribution in [1.29, 1.82) is 0 Å². The van der Waals surface area contributed by atoms with Crippen molar-refractivity contribution < 1.29 is 9.53 Å². The fraction of sp³-hybridized carbons (Fsp3) is 0.562. The van der Waals surface area contributed by atoms with E-state index in [9.17, 15) is 4.79 Å². The SMILES string of the molecule is CCOC1CC(NC(=O)[C@H]2Cc3ccccc3CN2)C1. The number of benzene rings is 1. The maximum Gasteiger partial charge on any atom is 0.237 e. The van der Waals surface area contributed by atoms with E-state index in [1.54, 1.807) is 0 Å². The minimum atomic E-state index is -0.101. The van der Waals surface area contributed by atoms with Crippen molar-refractivity contribution in [2.75, 3.05) is 6.61 Å². The highest BCUT2D eigenvalue weighted by atomic mass is 16.5. The number of rotatable bonds is 4. The van der Waals surface area contributed by atoms with Crippen LogP contribution in [0.15, 0.2) is 24.3 Å². The Kier molecular flexibility index (Phi) is 4.03. The highest BCUT2D eigenvalue weighted by Crippen LogP contribution is 2.24. The van der Waals surface area contributed by atoms with Gasteiger partial charge >= 0.3 is 0 Å². The number of hydrogen-bond acceptors (Lipinski definition) is 3. The van der Waals surface area contributed by atoms with Gasteiger partial charge in [-0.3, -0.25) is 4.79 Å². The van der Waals surface area contributed by atoms with Gasteiger partial charge in [0.25, 0.3) is 0 Å². The summed E-state index contributed by atoms with van der Waals surface area (Å²) < 4.78 is 5.51. The first-order chi connectivity index (χ1) is 9.76. The van der Waals surface area contributed by atoms with Crippen LogP contribution in [0, 0.1) is 0 Å². The minimum Gasteiger partial charge on any atom is -0.378 e. The Bertz CT molecular complexity index is 483. The van der Waals surface area contributed by atoms with E-state index in [1.807, 2.05) is 19.1 Å². The van der Waals surface area contributed by atoms with Gasteiger partial charge in [-0.1, -0.05) is 24.3 Å². The van der Waals surface area contributed by atoms with Crippen LogP contribution >= 0.6 is 0 Å². The lowest BCUT2D eigenvalue weighted by Crippen LogP contribution is -2.54. The molecule has 1 aliphatic heterocycles. The zero-order valence-corrected chi connectivity index (χ0v) is 11.9. The zero-order valence-electron chi connectivity index (χ0n) is 11.9. The van der Waals surface area contributed by atoms with E-state index in [0.717, 1.165) is 32.4 Å². The fourth-order valence-electron chi connectivity index (χ4n) is 3.00. The second-order valence-electron chi connectivity index (χ2n) is 5.66. The molecule has 0 radical (unpaired) electrons. The second kappa shape index (κ2) is 5.94. The minimum absolute atomic E-state index is 0.101. The molecule has 1 amide bonds. The van der Waals surface area contributed by atoms with Crippen LogP contribution in [-0.4, -0.2) is 30.7 Å². The summed E-state index contributed by atoms with van der Waals surface area (Å²) in [5.41, 5.74) is 2.59. The van der Waals surface area contributed by atoms with Crippen molar-refractivity contribution in [3.8, 4) is 0 Å². The van der Waals surface area contributed by atoms with Gasteiger partial charge in [0.15, 0.2) is 0 Å². The lowest BCUT2D eigenvalue weighted by atomic mass is 9.88. The molecule has 1 aromatic carbocycles. The molecule has 0 saturated heterocycles. The van der Waals surface area contributed by atoms with Gasteiger partial charge in [0, 0.05) is 19.2 Å². The van der Waals surface area contributed by atoms with Crippen LogP contribution in [-0.2, 0) is 22.5 Å². The maximum absolute atomic E-state index is 12.3. The number of hydrogen-bond donors (Lipinski definition) is 2. The van der Waals surface area contributed by atoms with Crippen LogP contribution in [0.5, 0.6) is 0 Å². The van der Waals surface area contributed by atoms with E-state index in [2.05, 4.69) is 22.8 Å². The van der Waals surface area contributed by atoms with Crippen molar-refractivity contribution >= 4 is 5.91 Å². The molecular weight excluding hydrogens is 252 g/mol. The number of carbonyl (C=O) groups is 1. The molecule has 0 unspecified atom stereocenters. The van der Waals surface area contributed by atoms with E-state index >= 15 is 0 Å². The zero-order chi connectivity index (χ0) is 13.9. The molecule has 0 spiro atoms. The molecule has 1 aromatic rings. The van der Waals surface area contributed by atoms with Gasteiger partial charge in [-0.25, -0.2) is 0 Å². The summed E-state index contributed by atoms with van der Waals surface area (Å²) in [4.78, 5) is 12.3. The molecule has 1 saturated carbocycles. The van der Waals surface area contributed by atoms with Crippen molar-refractivity contribution in [2.24, 2.45) is 0 Å². The molecule has 1 fully saturated rings. The first-order valence-electron chi connectivity index (χ1n) is 7.48. The van der Waals surface area contributed by atoms with Gasteiger partial charge in [-0.15, -0.1) is 0 Å². The third-order valence-corrected chi connectivity index (χ3v) is 4.24. The third-order valence-electron chi connectivity index (χ3n) is 4.24. The van der Waals surface area contributed by atoms with Gasteiger partial charge in [0.1, 0.15) is 0 Å². The van der Waals surface area contributed by atoms with Gasteiger partial charge in [-0.05, 0) is 37.3 Å². The topological polar surface area (TPSA) is 50.4 Å². The number of ether oxygens (including phenoxy) is 1. The average molecular weight is 274 g/mol. The van der Waals surface area contributed by atoms with Crippen molar-refractivity contribution in [2.45, 2.75) is 50.9 Å². The van der Waals surface area contributed by atoms with E-state index < -0.39 is 0 Å². The monoisotopic (exact) mass is 274 g/mol. The van der Waals surface area contributed by atoms with Crippen LogP contribution in [0.25, 0.3) is 0 Å². The predicted molar refractivity (Wildman–Crippen MR) is 77.4 cm³/mol. The lowest BCUT2D eigenvalue weighted by Gasteiger charge is -2.36.